The molecule has 7 heteroatoms. The van der Waals surface area contributed by atoms with Crippen LogP contribution in [0.1, 0.15) is 51.9 Å². The van der Waals surface area contributed by atoms with Crippen LogP contribution in [0.5, 0.6) is 0 Å². The fourth-order valence-electron chi connectivity index (χ4n) is 4.78. The van der Waals surface area contributed by atoms with Crippen LogP contribution in [0.25, 0.3) is 0 Å². The van der Waals surface area contributed by atoms with E-state index in [-0.39, 0.29) is 29.3 Å². The number of hydrogen-bond acceptors (Lipinski definition) is 5. The SMILES string of the molecule is C[C@]12CCC(=O)N1[C@H](C(=O)OCC(=O)N(c1ccccc1)C1CCCCC1)CS2. The molecule has 4 rings (SSSR count). The number of anilines is 1. The second kappa shape index (κ2) is 8.38. The Morgan fingerprint density at radius 2 is 1.93 bits per heavy atom. The Kier molecular flexibility index (Phi) is 5.86. The van der Waals surface area contributed by atoms with Crippen molar-refractivity contribution in [2.24, 2.45) is 0 Å². The maximum absolute atomic E-state index is 13.1. The number of carbonyl (C=O) groups is 3. The van der Waals surface area contributed by atoms with E-state index >= 15 is 0 Å². The maximum Gasteiger partial charge on any atom is 0.330 e. The molecule has 2 atom stereocenters. The lowest BCUT2D eigenvalue weighted by Crippen LogP contribution is -2.48. The summed E-state index contributed by atoms with van der Waals surface area (Å²) >= 11 is 1.62. The van der Waals surface area contributed by atoms with Gasteiger partial charge in [-0.15, -0.1) is 11.8 Å². The van der Waals surface area contributed by atoms with Crippen molar-refractivity contribution in [2.75, 3.05) is 17.3 Å². The number of ether oxygens (including phenoxy) is 1. The van der Waals surface area contributed by atoms with Gasteiger partial charge in [-0.05, 0) is 38.3 Å². The molecule has 1 aliphatic carbocycles. The molecular formula is C22H28N2O4S. The van der Waals surface area contributed by atoms with E-state index in [1.165, 1.54) is 6.42 Å². The predicted molar refractivity (Wildman–Crippen MR) is 112 cm³/mol. The normalized spacial score (nSPS) is 27.0. The highest BCUT2D eigenvalue weighted by Gasteiger charge is 2.53. The molecular weight excluding hydrogens is 388 g/mol. The third-order valence-electron chi connectivity index (χ3n) is 6.30. The van der Waals surface area contributed by atoms with Gasteiger partial charge in [-0.3, -0.25) is 9.59 Å². The first kappa shape index (κ1) is 20.3. The fraction of sp³-hybridized carbons (Fsp3) is 0.591. The van der Waals surface area contributed by atoms with E-state index in [1.807, 2.05) is 37.3 Å². The van der Waals surface area contributed by atoms with Crippen LogP contribution in [0.15, 0.2) is 30.3 Å². The molecule has 0 bridgehead atoms. The van der Waals surface area contributed by atoms with Crippen LogP contribution < -0.4 is 4.90 Å². The Bertz CT molecular complexity index is 780. The van der Waals surface area contributed by atoms with Crippen LogP contribution in [0, 0.1) is 0 Å². The Balaban J connectivity index is 1.43. The minimum atomic E-state index is -0.590. The number of rotatable bonds is 5. The molecule has 2 aliphatic heterocycles. The highest BCUT2D eigenvalue weighted by atomic mass is 32.2. The molecule has 3 aliphatic rings. The van der Waals surface area contributed by atoms with Crippen molar-refractivity contribution in [3.63, 3.8) is 0 Å². The van der Waals surface area contributed by atoms with Gasteiger partial charge in [0.05, 0.1) is 4.87 Å². The van der Waals surface area contributed by atoms with Gasteiger partial charge in [0.25, 0.3) is 5.91 Å². The van der Waals surface area contributed by atoms with E-state index in [4.69, 9.17) is 4.74 Å². The smallest absolute Gasteiger partial charge is 0.330 e. The van der Waals surface area contributed by atoms with Crippen LogP contribution in [-0.2, 0) is 19.1 Å². The average molecular weight is 417 g/mol. The molecule has 1 aromatic rings. The number of hydrogen-bond donors (Lipinski definition) is 0. The van der Waals surface area contributed by atoms with Crippen molar-refractivity contribution in [2.45, 2.75) is 68.8 Å². The summed E-state index contributed by atoms with van der Waals surface area (Å²) in [6.07, 6.45) is 6.57. The van der Waals surface area contributed by atoms with Crippen molar-refractivity contribution in [3.8, 4) is 0 Å². The molecule has 1 aromatic carbocycles. The number of benzene rings is 1. The Morgan fingerprint density at radius 3 is 2.66 bits per heavy atom. The highest BCUT2D eigenvalue weighted by molar-refractivity contribution is 8.01. The van der Waals surface area contributed by atoms with Crippen molar-refractivity contribution >= 4 is 35.2 Å². The largest absolute Gasteiger partial charge is 0.454 e. The summed E-state index contributed by atoms with van der Waals surface area (Å²) in [7, 11) is 0. The quantitative estimate of drug-likeness (QED) is 0.689. The number of amides is 2. The van der Waals surface area contributed by atoms with Crippen LogP contribution >= 0.6 is 11.8 Å². The minimum absolute atomic E-state index is 0.00102. The van der Waals surface area contributed by atoms with E-state index in [0.717, 1.165) is 37.8 Å². The summed E-state index contributed by atoms with van der Waals surface area (Å²) in [6.45, 7) is 1.71. The van der Waals surface area contributed by atoms with Crippen molar-refractivity contribution in [1.82, 2.24) is 4.90 Å². The first-order valence-corrected chi connectivity index (χ1v) is 11.5. The van der Waals surface area contributed by atoms with E-state index < -0.39 is 12.0 Å². The zero-order valence-corrected chi connectivity index (χ0v) is 17.7. The summed E-state index contributed by atoms with van der Waals surface area (Å²) in [5.74, 6) is -0.140. The third-order valence-corrected chi connectivity index (χ3v) is 7.80. The molecule has 0 radical (unpaired) electrons. The van der Waals surface area contributed by atoms with Crippen molar-refractivity contribution in [1.29, 1.82) is 0 Å². The first-order valence-electron chi connectivity index (χ1n) is 10.5. The van der Waals surface area contributed by atoms with Gasteiger partial charge >= 0.3 is 5.97 Å². The Hall–Kier alpha value is -2.02. The topological polar surface area (TPSA) is 66.9 Å². The van der Waals surface area contributed by atoms with Crippen LogP contribution in [0.3, 0.4) is 0 Å². The van der Waals surface area contributed by atoms with Gasteiger partial charge in [0.15, 0.2) is 6.61 Å². The summed E-state index contributed by atoms with van der Waals surface area (Å²) in [4.78, 5) is 41.2. The second-order valence-corrected chi connectivity index (χ2v) is 9.77. The van der Waals surface area contributed by atoms with E-state index in [0.29, 0.717) is 12.2 Å². The summed E-state index contributed by atoms with van der Waals surface area (Å²) in [5, 5.41) is 0. The minimum Gasteiger partial charge on any atom is -0.454 e. The molecule has 0 spiro atoms. The Labute approximate surface area is 175 Å². The second-order valence-electron chi connectivity index (χ2n) is 8.26. The molecule has 0 N–H and O–H groups in total. The van der Waals surface area contributed by atoms with Gasteiger partial charge in [0, 0.05) is 23.9 Å². The molecule has 3 fully saturated rings. The standard InChI is InChI=1S/C22H28N2O4S/c1-22-13-12-19(25)24(22)18(15-29-22)21(27)28-14-20(26)23(16-8-4-2-5-9-16)17-10-6-3-7-11-17/h2,4-5,8-9,17-18H,3,6-7,10-15H2,1H3/t18-,22-/m0/s1. The summed E-state index contributed by atoms with van der Waals surface area (Å²) in [6, 6.07) is 9.16. The molecule has 156 valence electrons. The number of carbonyl (C=O) groups excluding carboxylic acids is 3. The first-order chi connectivity index (χ1) is 14.0. The molecule has 2 amide bonds. The molecule has 2 heterocycles. The highest BCUT2D eigenvalue weighted by Crippen LogP contribution is 2.47. The lowest BCUT2D eigenvalue weighted by Gasteiger charge is -2.34. The number of para-hydroxylation sites is 1. The van der Waals surface area contributed by atoms with E-state index in [2.05, 4.69) is 0 Å². The maximum atomic E-state index is 13.1. The molecule has 0 unspecified atom stereocenters. The molecule has 1 saturated carbocycles. The lowest BCUT2D eigenvalue weighted by atomic mass is 9.93. The Morgan fingerprint density at radius 1 is 1.21 bits per heavy atom. The molecule has 6 nitrogen and oxygen atoms in total. The van der Waals surface area contributed by atoms with Gasteiger partial charge in [-0.25, -0.2) is 4.79 Å². The van der Waals surface area contributed by atoms with Crippen LogP contribution in [0.4, 0.5) is 5.69 Å². The van der Waals surface area contributed by atoms with E-state index in [1.54, 1.807) is 21.6 Å². The number of esters is 1. The third kappa shape index (κ3) is 4.02. The van der Waals surface area contributed by atoms with E-state index in [9.17, 15) is 14.4 Å². The number of fused-ring (bicyclic) bond motifs is 1. The van der Waals surface area contributed by atoms with Gasteiger partial charge < -0.3 is 14.5 Å². The summed E-state index contributed by atoms with van der Waals surface area (Å²) in [5.41, 5.74) is 0.846. The monoisotopic (exact) mass is 416 g/mol. The van der Waals surface area contributed by atoms with Gasteiger partial charge in [0.2, 0.25) is 5.91 Å². The zero-order chi connectivity index (χ0) is 20.4. The van der Waals surface area contributed by atoms with Crippen molar-refractivity contribution in [3.05, 3.63) is 30.3 Å². The van der Waals surface area contributed by atoms with Gasteiger partial charge in [-0.2, -0.15) is 0 Å². The lowest BCUT2D eigenvalue weighted by molar-refractivity contribution is -0.155. The molecule has 29 heavy (non-hydrogen) atoms. The average Bonchev–Trinajstić information content (AvgIpc) is 3.24. The predicted octanol–water partition coefficient (Wildman–Crippen LogP) is 3.35. The fourth-order valence-corrected chi connectivity index (χ4v) is 6.20. The van der Waals surface area contributed by atoms with Crippen LogP contribution in [-0.4, -0.2) is 52.0 Å². The van der Waals surface area contributed by atoms with Crippen molar-refractivity contribution < 1.29 is 19.1 Å². The van der Waals surface area contributed by atoms with Gasteiger partial charge in [0.1, 0.15) is 6.04 Å². The zero-order valence-electron chi connectivity index (χ0n) is 16.8. The van der Waals surface area contributed by atoms with Crippen LogP contribution in [0.2, 0.25) is 0 Å². The number of thioether (sulfide) groups is 1. The summed E-state index contributed by atoms with van der Waals surface area (Å²) < 4.78 is 5.45. The molecule has 0 aromatic heterocycles. The molecule has 2 saturated heterocycles. The van der Waals surface area contributed by atoms with Gasteiger partial charge in [-0.1, -0.05) is 37.5 Å². The number of nitrogens with zero attached hydrogens (tertiary/aromatic N) is 2.